The highest BCUT2D eigenvalue weighted by Crippen LogP contribution is 2.29. The number of amides is 1. The van der Waals surface area contributed by atoms with Crippen LogP contribution in [0.25, 0.3) is 12.2 Å². The Morgan fingerprint density at radius 3 is 2.32 bits per heavy atom. The van der Waals surface area contributed by atoms with E-state index < -0.39 is 11.9 Å². The third kappa shape index (κ3) is 8.99. The van der Waals surface area contributed by atoms with E-state index in [0.29, 0.717) is 16.7 Å². The molecule has 0 unspecified atom stereocenters. The first kappa shape index (κ1) is 30.0. The molecule has 41 heavy (non-hydrogen) atoms. The highest BCUT2D eigenvalue weighted by molar-refractivity contribution is 6.02. The Bertz CT molecular complexity index is 1510. The number of carbonyl (C=O) groups is 3. The molecule has 0 aliphatic heterocycles. The molecule has 11 nitrogen and oxygen atoms in total. The Balaban J connectivity index is 1.58. The number of carbonyl (C=O) groups excluding carboxylic acids is 3. The minimum atomic E-state index is -0.987. The van der Waals surface area contributed by atoms with Crippen LogP contribution in [0.15, 0.2) is 84.9 Å². The molecule has 0 fully saturated rings. The van der Waals surface area contributed by atoms with Crippen molar-refractivity contribution in [3.05, 3.63) is 102 Å². The van der Waals surface area contributed by atoms with Gasteiger partial charge in [-0.05, 0) is 53.6 Å². The van der Waals surface area contributed by atoms with Crippen molar-refractivity contribution < 1.29 is 48.1 Å². The summed E-state index contributed by atoms with van der Waals surface area (Å²) in [6.45, 7) is -0.187. The number of rotatable bonds is 11. The maximum absolute atomic E-state index is 12.3. The van der Waals surface area contributed by atoms with Crippen LogP contribution in [0, 0.1) is 0 Å². The van der Waals surface area contributed by atoms with Crippen molar-refractivity contribution in [2.75, 3.05) is 21.3 Å². The lowest BCUT2D eigenvalue weighted by molar-refractivity contribution is -0.727. The first-order valence-corrected chi connectivity index (χ1v) is 12.1. The third-order valence-corrected chi connectivity index (χ3v) is 5.44. The van der Waals surface area contributed by atoms with Crippen LogP contribution >= 0.6 is 0 Å². The molecule has 0 saturated heterocycles. The van der Waals surface area contributed by atoms with Gasteiger partial charge in [0.25, 0.3) is 12.6 Å². The number of aliphatic hydroxyl groups excluding tert-OH is 1. The van der Waals surface area contributed by atoms with Gasteiger partial charge in [-0.25, -0.2) is 4.79 Å². The number of methoxy groups -OCH3 is 2. The van der Waals surface area contributed by atoms with Crippen LogP contribution in [0.1, 0.15) is 21.5 Å². The molecule has 1 heterocycles. The molecule has 0 aliphatic carbocycles. The van der Waals surface area contributed by atoms with E-state index >= 15 is 0 Å². The van der Waals surface area contributed by atoms with Crippen LogP contribution in [0.3, 0.4) is 0 Å². The topological polar surface area (TPSA) is 144 Å². The van der Waals surface area contributed by atoms with E-state index in [1.807, 2.05) is 0 Å². The van der Waals surface area contributed by atoms with E-state index in [2.05, 4.69) is 5.32 Å². The summed E-state index contributed by atoms with van der Waals surface area (Å²) in [4.78, 5) is 36.2. The van der Waals surface area contributed by atoms with Crippen molar-refractivity contribution in [3.63, 3.8) is 0 Å². The van der Waals surface area contributed by atoms with Crippen LogP contribution in [-0.4, -0.2) is 49.3 Å². The quantitative estimate of drug-likeness (QED) is 0.0791. The normalized spacial score (nSPS) is 11.3. The first-order valence-electron chi connectivity index (χ1n) is 12.1. The fourth-order valence-electron chi connectivity index (χ4n) is 3.40. The zero-order chi connectivity index (χ0) is 29.8. The fourth-order valence-corrected chi connectivity index (χ4v) is 3.40. The molecular weight excluding hydrogens is 532 g/mol. The van der Waals surface area contributed by atoms with Crippen LogP contribution in [0.4, 0.5) is 4.79 Å². The number of nitrogens with zero attached hydrogens (tertiary/aromatic N) is 1. The minimum Gasteiger partial charge on any atom is -0.508 e. The summed E-state index contributed by atoms with van der Waals surface area (Å²) < 4.78 is 22.2. The summed E-state index contributed by atoms with van der Waals surface area (Å²) in [5.41, 5.74) is 1.61. The van der Waals surface area contributed by atoms with E-state index in [1.54, 1.807) is 48.7 Å². The molecule has 0 saturated carbocycles. The summed E-state index contributed by atoms with van der Waals surface area (Å²) in [6.07, 6.45) is 8.84. The molecular formula is C30H29N2O9+. The smallest absolute Gasteiger partial charge is 0.508 e. The molecule has 2 aromatic carbocycles. The van der Waals surface area contributed by atoms with E-state index in [9.17, 15) is 24.6 Å². The third-order valence-electron chi connectivity index (χ3n) is 5.44. The predicted molar refractivity (Wildman–Crippen MR) is 149 cm³/mol. The number of phenolic OH excluding ortho intramolecular Hbond substituents is 1. The van der Waals surface area contributed by atoms with Crippen LogP contribution in [0.5, 0.6) is 23.0 Å². The summed E-state index contributed by atoms with van der Waals surface area (Å²) in [7, 11) is 4.33. The molecule has 0 radical (unpaired) electrons. The van der Waals surface area contributed by atoms with Gasteiger partial charge < -0.3 is 34.5 Å². The number of ketones is 1. The molecule has 3 aromatic rings. The number of nitrogens with one attached hydrogen (secondary N) is 1. The van der Waals surface area contributed by atoms with Crippen molar-refractivity contribution in [1.82, 2.24) is 5.32 Å². The van der Waals surface area contributed by atoms with E-state index in [4.69, 9.17) is 18.9 Å². The monoisotopic (exact) mass is 561 g/mol. The maximum Gasteiger partial charge on any atom is 0.518 e. The van der Waals surface area contributed by atoms with Gasteiger partial charge in [-0.2, -0.15) is 4.57 Å². The minimum absolute atomic E-state index is 0.0124. The standard InChI is InChI=1S/C30H28N2O9/c1-31-29(36)22-5-4-14-32(18-22)19-40-30(37)41-26-13-9-21(16-28(26)39-3)7-11-24(34)17-23(33)10-6-20-8-12-25(35)27(15-20)38-2/h4-18H,19H2,1-3H3,(H2-,31,33,34,35,36)/p+1/b11-7+. The van der Waals surface area contributed by atoms with Crippen molar-refractivity contribution in [1.29, 1.82) is 0 Å². The first-order chi connectivity index (χ1) is 19.7. The molecule has 3 N–H and O–H groups in total. The van der Waals surface area contributed by atoms with Crippen molar-refractivity contribution >= 4 is 30.0 Å². The zero-order valence-electron chi connectivity index (χ0n) is 22.6. The van der Waals surface area contributed by atoms with Crippen molar-refractivity contribution in [2.45, 2.75) is 6.73 Å². The van der Waals surface area contributed by atoms with Gasteiger partial charge in [-0.3, -0.25) is 9.59 Å². The highest BCUT2D eigenvalue weighted by Gasteiger charge is 2.15. The van der Waals surface area contributed by atoms with Gasteiger partial charge in [0, 0.05) is 19.2 Å². The molecule has 212 valence electrons. The van der Waals surface area contributed by atoms with Crippen LogP contribution in [-0.2, 0) is 16.3 Å². The fraction of sp³-hybridized carbons (Fsp3) is 0.133. The Morgan fingerprint density at radius 2 is 1.61 bits per heavy atom. The van der Waals surface area contributed by atoms with Gasteiger partial charge in [-0.1, -0.05) is 24.3 Å². The van der Waals surface area contributed by atoms with Gasteiger partial charge in [0.1, 0.15) is 11.3 Å². The number of phenols is 1. The highest BCUT2D eigenvalue weighted by atomic mass is 16.7. The summed E-state index contributed by atoms with van der Waals surface area (Å²) in [5.74, 6) is -0.445. The Hall–Kier alpha value is -5.58. The summed E-state index contributed by atoms with van der Waals surface area (Å²) >= 11 is 0. The molecule has 0 spiro atoms. The van der Waals surface area contributed by atoms with E-state index in [-0.39, 0.29) is 41.4 Å². The van der Waals surface area contributed by atoms with E-state index in [0.717, 1.165) is 6.08 Å². The Labute approximate surface area is 236 Å². The van der Waals surface area contributed by atoms with Gasteiger partial charge in [-0.15, -0.1) is 0 Å². The number of benzene rings is 2. The van der Waals surface area contributed by atoms with Gasteiger partial charge >= 0.3 is 6.16 Å². The molecule has 1 amide bonds. The number of pyridine rings is 1. The zero-order valence-corrected chi connectivity index (χ0v) is 22.6. The second-order valence-corrected chi connectivity index (χ2v) is 8.29. The lowest BCUT2D eigenvalue weighted by atomic mass is 10.1. The number of aromatic hydroxyl groups is 1. The second kappa shape index (κ2) is 14.5. The van der Waals surface area contributed by atoms with Gasteiger partial charge in [0.15, 0.2) is 41.2 Å². The number of hydrogen-bond donors (Lipinski definition) is 3. The molecule has 0 atom stereocenters. The summed E-state index contributed by atoms with van der Waals surface area (Å²) in [5, 5.41) is 22.2. The maximum atomic E-state index is 12.3. The largest absolute Gasteiger partial charge is 0.518 e. The number of hydrogen-bond acceptors (Lipinski definition) is 9. The van der Waals surface area contributed by atoms with E-state index in [1.165, 1.54) is 62.4 Å². The lowest BCUT2D eigenvalue weighted by Gasteiger charge is -2.09. The SMILES string of the molecule is CNC(=O)c1ccc[n+](COC(=O)Oc2ccc(/C=C/C(=O)/C=C(O)/C=C/c3ccc(O)c(OC)c3)cc2OC)c1. The average Bonchev–Trinajstić information content (AvgIpc) is 2.98. The average molecular weight is 562 g/mol. The predicted octanol–water partition coefficient (Wildman–Crippen LogP) is 3.97. The molecule has 11 heteroatoms. The van der Waals surface area contributed by atoms with Crippen LogP contribution in [0.2, 0.25) is 0 Å². The Morgan fingerprint density at radius 1 is 0.927 bits per heavy atom. The molecule has 0 aliphatic rings. The number of allylic oxidation sites excluding steroid dienone is 3. The van der Waals surface area contributed by atoms with Crippen molar-refractivity contribution in [3.8, 4) is 23.0 Å². The lowest BCUT2D eigenvalue weighted by Crippen LogP contribution is -2.37. The number of aliphatic hydroxyl groups is 1. The van der Waals surface area contributed by atoms with Gasteiger partial charge in [0.05, 0.1) is 14.2 Å². The molecule has 0 bridgehead atoms. The molecule has 3 rings (SSSR count). The number of aromatic nitrogens is 1. The number of ether oxygens (including phenoxy) is 4. The summed E-state index contributed by atoms with van der Waals surface area (Å²) in [6, 6.07) is 12.5. The second-order valence-electron chi connectivity index (χ2n) is 8.29. The molecule has 1 aromatic heterocycles. The van der Waals surface area contributed by atoms with Crippen molar-refractivity contribution in [2.24, 2.45) is 0 Å². The van der Waals surface area contributed by atoms with Crippen LogP contribution < -0.4 is 24.1 Å². The van der Waals surface area contributed by atoms with Gasteiger partial charge in [0.2, 0.25) is 0 Å². The Kier molecular flexibility index (Phi) is 10.6.